The van der Waals surface area contributed by atoms with E-state index in [0.717, 1.165) is 58.0 Å². The van der Waals surface area contributed by atoms with Crippen molar-refractivity contribution in [3.8, 4) is 0 Å². The number of carbonyl (C=O) groups excluding carboxylic acids is 1. The summed E-state index contributed by atoms with van der Waals surface area (Å²) < 4.78 is 16.3. The summed E-state index contributed by atoms with van der Waals surface area (Å²) in [5.74, 6) is 0.758. The predicted octanol–water partition coefficient (Wildman–Crippen LogP) is 1.65. The fraction of sp³-hybridized carbons (Fsp3) is 0.889. The second-order valence-corrected chi connectivity index (χ2v) is 7.24. The molecule has 0 radical (unpaired) electrons. The summed E-state index contributed by atoms with van der Waals surface area (Å²) in [4.78, 5) is 15.7. The Balaban J connectivity index is 1.98. The van der Waals surface area contributed by atoms with Crippen LogP contribution in [-0.2, 0) is 14.2 Å². The molecule has 152 valence electrons. The third-order valence-electron chi connectivity index (χ3n) is 3.67. The van der Waals surface area contributed by atoms with E-state index in [0.29, 0.717) is 19.2 Å². The Morgan fingerprint density at radius 3 is 2.31 bits per heavy atom. The van der Waals surface area contributed by atoms with E-state index in [9.17, 15) is 4.79 Å². The van der Waals surface area contributed by atoms with Crippen LogP contribution in [0.3, 0.4) is 0 Å². The molecular weight excluding hydrogens is 336 g/mol. The molecule has 8 heteroatoms. The maximum absolute atomic E-state index is 11.5. The van der Waals surface area contributed by atoms with Gasteiger partial charge in [-0.25, -0.2) is 4.79 Å². The minimum Gasteiger partial charge on any atom is -0.444 e. The number of nitrogens with zero attached hydrogens (tertiary/aromatic N) is 1. The molecule has 1 rings (SSSR count). The summed E-state index contributed by atoms with van der Waals surface area (Å²) in [5, 5.41) is 9.22. The van der Waals surface area contributed by atoms with Gasteiger partial charge in [0.05, 0.1) is 6.10 Å². The van der Waals surface area contributed by atoms with Crippen LogP contribution < -0.4 is 16.0 Å². The van der Waals surface area contributed by atoms with Gasteiger partial charge in [0.2, 0.25) is 0 Å². The standard InChI is InChI=1S/C18H36N4O4/c1-18(2,3)26-17(23)22-10-5-9-20-16(19-4)21-11-6-12-25-15-7-13-24-14-8-15/h15H,5-14H2,1-4H3,(H,22,23)(H2,19,20,21). The zero-order valence-corrected chi connectivity index (χ0v) is 16.7. The van der Waals surface area contributed by atoms with Gasteiger partial charge in [-0.2, -0.15) is 0 Å². The summed E-state index contributed by atoms with van der Waals surface area (Å²) in [6.07, 6.45) is 3.66. The third-order valence-corrected chi connectivity index (χ3v) is 3.67. The van der Waals surface area contributed by atoms with Gasteiger partial charge >= 0.3 is 6.09 Å². The highest BCUT2D eigenvalue weighted by molar-refractivity contribution is 5.79. The van der Waals surface area contributed by atoms with Crippen molar-refractivity contribution in [2.24, 2.45) is 4.99 Å². The van der Waals surface area contributed by atoms with Crippen molar-refractivity contribution in [2.75, 3.05) is 46.5 Å². The van der Waals surface area contributed by atoms with E-state index < -0.39 is 5.60 Å². The summed E-state index contributed by atoms with van der Waals surface area (Å²) in [5.41, 5.74) is -0.469. The normalized spacial score (nSPS) is 16.2. The van der Waals surface area contributed by atoms with Crippen LogP contribution in [0, 0.1) is 0 Å². The minimum absolute atomic E-state index is 0.346. The molecule has 0 saturated carbocycles. The average molecular weight is 373 g/mol. The van der Waals surface area contributed by atoms with Crippen molar-refractivity contribution in [3.05, 3.63) is 0 Å². The number of carbonyl (C=O) groups is 1. The van der Waals surface area contributed by atoms with Crippen LogP contribution >= 0.6 is 0 Å². The van der Waals surface area contributed by atoms with E-state index >= 15 is 0 Å². The molecular formula is C18H36N4O4. The number of nitrogens with one attached hydrogen (secondary N) is 3. The number of alkyl carbamates (subject to hydrolysis) is 1. The Kier molecular flexibility index (Phi) is 11.0. The number of amides is 1. The van der Waals surface area contributed by atoms with Crippen molar-refractivity contribution in [1.29, 1.82) is 0 Å². The van der Waals surface area contributed by atoms with Gasteiger partial charge in [0.15, 0.2) is 5.96 Å². The molecule has 0 spiro atoms. The lowest BCUT2D eigenvalue weighted by atomic mass is 10.1. The topological polar surface area (TPSA) is 93.2 Å². The summed E-state index contributed by atoms with van der Waals surface area (Å²) in [6.45, 7) is 9.97. The van der Waals surface area contributed by atoms with Gasteiger partial charge in [-0.3, -0.25) is 4.99 Å². The molecule has 1 heterocycles. The van der Waals surface area contributed by atoms with Crippen LogP contribution in [0.4, 0.5) is 4.79 Å². The maximum Gasteiger partial charge on any atom is 0.407 e. The SMILES string of the molecule is CN=C(NCCCNC(=O)OC(C)(C)C)NCCCOC1CCOCC1. The molecule has 1 amide bonds. The number of hydrogen-bond donors (Lipinski definition) is 3. The lowest BCUT2D eigenvalue weighted by Crippen LogP contribution is -2.40. The highest BCUT2D eigenvalue weighted by atomic mass is 16.6. The van der Waals surface area contributed by atoms with Gasteiger partial charge in [0, 0.05) is 46.5 Å². The van der Waals surface area contributed by atoms with Gasteiger partial charge in [0.1, 0.15) is 5.60 Å². The molecule has 1 aliphatic heterocycles. The fourth-order valence-corrected chi connectivity index (χ4v) is 2.39. The maximum atomic E-state index is 11.5. The first kappa shape index (κ1) is 22.5. The highest BCUT2D eigenvalue weighted by Gasteiger charge is 2.15. The molecule has 0 bridgehead atoms. The first-order chi connectivity index (χ1) is 12.4. The van der Waals surface area contributed by atoms with Crippen LogP contribution in [0.1, 0.15) is 46.5 Å². The van der Waals surface area contributed by atoms with E-state index in [1.807, 2.05) is 20.8 Å². The van der Waals surface area contributed by atoms with Crippen LogP contribution in [-0.4, -0.2) is 70.3 Å². The molecule has 8 nitrogen and oxygen atoms in total. The van der Waals surface area contributed by atoms with Gasteiger partial charge < -0.3 is 30.2 Å². The molecule has 1 aliphatic rings. The van der Waals surface area contributed by atoms with Gasteiger partial charge in [-0.15, -0.1) is 0 Å². The summed E-state index contributed by atoms with van der Waals surface area (Å²) >= 11 is 0. The molecule has 0 aromatic rings. The molecule has 0 atom stereocenters. The Morgan fingerprint density at radius 2 is 1.69 bits per heavy atom. The zero-order valence-electron chi connectivity index (χ0n) is 16.7. The lowest BCUT2D eigenvalue weighted by Gasteiger charge is -2.22. The van der Waals surface area contributed by atoms with E-state index in [-0.39, 0.29) is 6.09 Å². The number of aliphatic imine (C=N–C) groups is 1. The summed E-state index contributed by atoms with van der Waals surface area (Å²) in [6, 6.07) is 0. The monoisotopic (exact) mass is 372 g/mol. The average Bonchev–Trinajstić information content (AvgIpc) is 2.58. The van der Waals surface area contributed by atoms with E-state index in [4.69, 9.17) is 14.2 Å². The second-order valence-electron chi connectivity index (χ2n) is 7.24. The molecule has 1 saturated heterocycles. The molecule has 0 aromatic heterocycles. The van der Waals surface area contributed by atoms with E-state index in [2.05, 4.69) is 20.9 Å². The van der Waals surface area contributed by atoms with Gasteiger partial charge in [-0.05, 0) is 46.5 Å². The van der Waals surface area contributed by atoms with E-state index in [1.165, 1.54) is 0 Å². The van der Waals surface area contributed by atoms with Crippen LogP contribution in [0.2, 0.25) is 0 Å². The number of hydrogen-bond acceptors (Lipinski definition) is 5. The highest BCUT2D eigenvalue weighted by Crippen LogP contribution is 2.10. The molecule has 0 unspecified atom stereocenters. The first-order valence-electron chi connectivity index (χ1n) is 9.51. The van der Waals surface area contributed by atoms with Crippen molar-refractivity contribution >= 4 is 12.1 Å². The largest absolute Gasteiger partial charge is 0.444 e. The van der Waals surface area contributed by atoms with Gasteiger partial charge in [0.25, 0.3) is 0 Å². The van der Waals surface area contributed by atoms with Gasteiger partial charge in [-0.1, -0.05) is 0 Å². The van der Waals surface area contributed by atoms with E-state index in [1.54, 1.807) is 7.05 Å². The van der Waals surface area contributed by atoms with Crippen LogP contribution in [0.5, 0.6) is 0 Å². The number of rotatable bonds is 9. The Morgan fingerprint density at radius 1 is 1.08 bits per heavy atom. The Hall–Kier alpha value is -1.54. The fourth-order valence-electron chi connectivity index (χ4n) is 2.39. The minimum atomic E-state index is -0.469. The van der Waals surface area contributed by atoms with Crippen molar-refractivity contribution in [2.45, 2.75) is 58.2 Å². The van der Waals surface area contributed by atoms with Crippen molar-refractivity contribution in [3.63, 3.8) is 0 Å². The number of guanidine groups is 1. The molecule has 0 aromatic carbocycles. The Labute approximate surface area is 157 Å². The van der Waals surface area contributed by atoms with Crippen molar-refractivity contribution < 1.29 is 19.0 Å². The second kappa shape index (κ2) is 12.8. The zero-order chi connectivity index (χ0) is 19.3. The smallest absolute Gasteiger partial charge is 0.407 e. The molecule has 3 N–H and O–H groups in total. The third kappa shape index (κ3) is 11.9. The first-order valence-corrected chi connectivity index (χ1v) is 9.51. The molecule has 26 heavy (non-hydrogen) atoms. The Bertz CT molecular complexity index is 418. The quantitative estimate of drug-likeness (QED) is 0.324. The summed E-state index contributed by atoms with van der Waals surface area (Å²) in [7, 11) is 1.74. The predicted molar refractivity (Wildman–Crippen MR) is 103 cm³/mol. The van der Waals surface area contributed by atoms with Crippen LogP contribution in [0.15, 0.2) is 4.99 Å². The molecule has 1 fully saturated rings. The lowest BCUT2D eigenvalue weighted by molar-refractivity contribution is -0.0320. The molecule has 0 aliphatic carbocycles. The number of ether oxygens (including phenoxy) is 3. The van der Waals surface area contributed by atoms with Crippen molar-refractivity contribution in [1.82, 2.24) is 16.0 Å². The van der Waals surface area contributed by atoms with Crippen LogP contribution in [0.25, 0.3) is 0 Å².